The molecule has 30 aliphatic heterocycles. The van der Waals surface area contributed by atoms with Gasteiger partial charge in [-0.2, -0.15) is 0 Å². The van der Waals surface area contributed by atoms with Crippen LogP contribution in [0.3, 0.4) is 0 Å². The van der Waals surface area contributed by atoms with Gasteiger partial charge in [0.25, 0.3) is 0 Å². The van der Waals surface area contributed by atoms with Gasteiger partial charge in [-0.1, -0.05) is 0 Å². The molecule has 0 saturated carbocycles. The number of hydrogen-bond donors (Lipinski definition) is 24. The van der Waals surface area contributed by atoms with E-state index in [2.05, 4.69) is 0 Å². The molecule has 40 heteroatoms. The van der Waals surface area contributed by atoms with E-state index >= 15 is 0 Å². The van der Waals surface area contributed by atoms with E-state index in [0.717, 1.165) is 0 Å². The summed E-state index contributed by atoms with van der Waals surface area (Å²) in [6.45, 7) is -8.46. The van der Waals surface area contributed by atoms with Crippen molar-refractivity contribution >= 4 is 0 Å². The first-order chi connectivity index (χ1) is 41.9. The summed E-state index contributed by atoms with van der Waals surface area (Å²) < 4.78 is 91.6. The standard InChI is InChI=1S/C48H81NO39/c49-17-18(58)41-73-9(1-50)33(17)81-42-26(66)19(59)35(11(3-52)74-42)83-44-28(68)21(61)37(13(5-54)76-44)85-46-30(70)23(63)39(15(7-56)78-46)87-48-32(72)25(65)40(16(8-57)80-48)88-47-31(71)24(64)38(14(6-55)79-47)86-45-29(69)22(62)36(12(4-53)77-45)84-43-27(67)20(60)34(82-41)10(2-51)75-43/h9-48,50-72H,1-8,49H2/t9-,10-,11-,12-,13-,14-,15-,16-,17-,18-,19-,20-,21-,22-,23-,24-,25-,26-,27-,28-,29-,30-,31-,32-,33-,34-,35-,36-,37-,38-,39-,40-,41-,42-,43-,44-,45-,46-,47-,48-/m1/s1. The van der Waals surface area contributed by atoms with Gasteiger partial charge >= 0.3 is 0 Å². The van der Waals surface area contributed by atoms with E-state index in [0.29, 0.717) is 0 Å². The second-order valence-corrected chi connectivity index (χ2v) is 22.5. The van der Waals surface area contributed by atoms with Gasteiger partial charge < -0.3 is 199 Å². The minimum absolute atomic E-state index is 1.00. The van der Waals surface area contributed by atoms with Gasteiger partial charge in [0.2, 0.25) is 0 Å². The summed E-state index contributed by atoms with van der Waals surface area (Å²) in [6.07, 6.45) is -78.4. The van der Waals surface area contributed by atoms with E-state index in [-0.39, 0.29) is 0 Å². The van der Waals surface area contributed by atoms with Crippen LogP contribution < -0.4 is 5.73 Å². The second kappa shape index (κ2) is 30.0. The van der Waals surface area contributed by atoms with Crippen LogP contribution in [0.25, 0.3) is 0 Å². The minimum atomic E-state index is -2.24. The number of aliphatic hydroxyl groups is 23. The zero-order valence-electron chi connectivity index (χ0n) is 46.1. The Kier molecular flexibility index (Phi) is 24.1. The molecule has 25 N–H and O–H groups in total. The molecule has 88 heavy (non-hydrogen) atoms. The second-order valence-electron chi connectivity index (χ2n) is 22.5. The van der Waals surface area contributed by atoms with Gasteiger partial charge in [0.15, 0.2) is 50.3 Å². The van der Waals surface area contributed by atoms with Crippen molar-refractivity contribution in [2.24, 2.45) is 5.73 Å². The van der Waals surface area contributed by atoms with Crippen molar-refractivity contribution in [3.05, 3.63) is 0 Å². The maximum atomic E-state index is 11.4. The van der Waals surface area contributed by atoms with Gasteiger partial charge in [-0.05, 0) is 0 Å². The fourth-order valence-electron chi connectivity index (χ4n) is 12.0. The van der Waals surface area contributed by atoms with Crippen LogP contribution in [0.5, 0.6) is 0 Å². The number of nitrogens with two attached hydrogens (primary N) is 1. The Morgan fingerprint density at radius 1 is 0.170 bits per heavy atom. The van der Waals surface area contributed by atoms with Gasteiger partial charge in [0.1, 0.15) is 189 Å². The summed E-state index contributed by atoms with van der Waals surface area (Å²) in [5.74, 6) is 0. The van der Waals surface area contributed by atoms with Gasteiger partial charge in [0, 0.05) is 0 Å². The molecule has 40 nitrogen and oxygen atoms in total. The van der Waals surface area contributed by atoms with E-state index in [4.69, 9.17) is 81.5 Å². The lowest BCUT2D eigenvalue weighted by atomic mass is 9.94. The normalized spacial score (nSPS) is 55.4. The fraction of sp³-hybridized carbons (Fsp3) is 1.00. The van der Waals surface area contributed by atoms with Crippen LogP contribution in [0.1, 0.15) is 0 Å². The molecule has 0 aromatic carbocycles. The average molecular weight is 1300 g/mol. The molecule has 0 aromatic heterocycles. The lowest BCUT2D eigenvalue weighted by Crippen LogP contribution is -2.69. The average Bonchev–Trinajstić information content (AvgIpc) is 1.09. The van der Waals surface area contributed by atoms with Crippen molar-refractivity contribution in [1.29, 1.82) is 0 Å². The highest BCUT2D eigenvalue weighted by molar-refractivity contribution is 5.03. The highest BCUT2D eigenvalue weighted by Crippen LogP contribution is 2.39. The molecule has 512 valence electrons. The molecule has 30 aliphatic rings. The Balaban J connectivity index is 0.975. The van der Waals surface area contributed by atoms with Crippen molar-refractivity contribution in [3.63, 3.8) is 0 Å². The quantitative estimate of drug-likeness (QED) is 0.107. The molecule has 30 heterocycles. The summed E-state index contributed by atoms with van der Waals surface area (Å²) in [5, 5.41) is 254. The Bertz CT molecular complexity index is 1710. The predicted molar refractivity (Wildman–Crippen MR) is 263 cm³/mol. The van der Waals surface area contributed by atoms with Crippen LogP contribution in [0.2, 0.25) is 0 Å². The smallest absolute Gasteiger partial charge is 0.187 e. The summed E-state index contributed by atoms with van der Waals surface area (Å²) >= 11 is 0. The van der Waals surface area contributed by atoms with Crippen LogP contribution in [0, 0.1) is 0 Å². The Hall–Kier alpha value is -1.60. The summed E-state index contributed by atoms with van der Waals surface area (Å²) in [7, 11) is 0. The molecule has 30 saturated heterocycles. The van der Waals surface area contributed by atoms with Crippen molar-refractivity contribution in [2.75, 3.05) is 52.9 Å². The zero-order chi connectivity index (χ0) is 64.1. The molecule has 30 fully saturated rings. The maximum Gasteiger partial charge on any atom is 0.187 e. The third-order valence-electron chi connectivity index (χ3n) is 17.0. The molecular weight excluding hydrogens is 1210 g/mol. The molecule has 30 rings (SSSR count). The number of rotatable bonds is 8. The lowest BCUT2D eigenvalue weighted by molar-refractivity contribution is -0.402. The molecular formula is C48H81NO39. The minimum Gasteiger partial charge on any atom is -0.394 e. The van der Waals surface area contributed by atoms with E-state index in [1.54, 1.807) is 0 Å². The van der Waals surface area contributed by atoms with E-state index in [1.165, 1.54) is 0 Å². The third kappa shape index (κ3) is 13.8. The molecule has 0 amide bonds. The van der Waals surface area contributed by atoms with Crippen LogP contribution >= 0.6 is 0 Å². The van der Waals surface area contributed by atoms with E-state index in [9.17, 15) is 117 Å². The highest BCUT2D eigenvalue weighted by Gasteiger charge is 2.60. The number of ether oxygens (including phenoxy) is 16. The van der Waals surface area contributed by atoms with Crippen LogP contribution in [-0.4, -0.2) is 416 Å². The van der Waals surface area contributed by atoms with Crippen molar-refractivity contribution in [3.8, 4) is 0 Å². The first kappa shape index (κ1) is 70.7. The molecule has 0 aliphatic carbocycles. The monoisotopic (exact) mass is 1300 g/mol. The predicted octanol–water partition coefficient (Wildman–Crippen LogP) is -17.4. The molecule has 0 unspecified atom stereocenters. The van der Waals surface area contributed by atoms with E-state index in [1.807, 2.05) is 0 Å². The largest absolute Gasteiger partial charge is 0.394 e. The van der Waals surface area contributed by atoms with Crippen LogP contribution in [0.4, 0.5) is 0 Å². The Labute approximate surface area is 496 Å². The Morgan fingerprint density at radius 3 is 0.443 bits per heavy atom. The fourth-order valence-corrected chi connectivity index (χ4v) is 12.0. The molecule has 0 spiro atoms. The van der Waals surface area contributed by atoms with Crippen molar-refractivity contribution < 1.29 is 193 Å². The maximum absolute atomic E-state index is 11.4. The van der Waals surface area contributed by atoms with Crippen molar-refractivity contribution in [1.82, 2.24) is 0 Å². The zero-order valence-corrected chi connectivity index (χ0v) is 46.1. The van der Waals surface area contributed by atoms with E-state index < -0.39 is 298 Å². The summed E-state index contributed by atoms with van der Waals surface area (Å²) in [4.78, 5) is 0. The van der Waals surface area contributed by atoms with Crippen molar-refractivity contribution in [2.45, 2.75) is 246 Å². The van der Waals surface area contributed by atoms with Gasteiger partial charge in [-0.25, -0.2) is 0 Å². The first-order valence-electron chi connectivity index (χ1n) is 28.2. The third-order valence-corrected chi connectivity index (χ3v) is 17.0. The van der Waals surface area contributed by atoms with Gasteiger partial charge in [-0.3, -0.25) is 0 Å². The lowest BCUT2D eigenvalue weighted by Gasteiger charge is -2.50. The molecule has 40 atom stereocenters. The van der Waals surface area contributed by atoms with Gasteiger partial charge in [-0.15, -0.1) is 0 Å². The van der Waals surface area contributed by atoms with Gasteiger partial charge in [0.05, 0.1) is 58.9 Å². The van der Waals surface area contributed by atoms with Crippen LogP contribution in [-0.2, 0) is 75.8 Å². The highest BCUT2D eigenvalue weighted by atomic mass is 16.8. The number of aliphatic hydroxyl groups excluding tert-OH is 23. The molecule has 16 bridgehead atoms. The first-order valence-corrected chi connectivity index (χ1v) is 28.2. The SMILES string of the molecule is N[C@@H]1[C@@H](O)[C@H]2O[C@H]3[C@H](O)[C@@H](O)[C@@H](O[C@H]4[C@H](O)[C@@H](O)[C@@H](O[C@H]5[C@H](O)[C@@H](O)[C@@H](O[C@H]6[C@H](O)[C@@H](O)[C@@H](O[C@H]7[C@H](O)[C@@H](O)[C@@H](O[C@H]8[C@H](O)[C@@H](O)[C@@H](O[C@H]9[C@H](O)[C@@H](O)[C@@H](O[C@@H]1[C@@H](CO)O2)O[C@@H]9CO)O[C@@H]8CO)O[C@@H]7CO)O[C@@H]6CO)O[C@@H]5CO)O[C@@H]4CO)O[C@@H]3CO. The topological polar surface area (TPSA) is 639 Å². The molecule has 0 radical (unpaired) electrons. The van der Waals surface area contributed by atoms with Crippen LogP contribution in [0.15, 0.2) is 0 Å². The summed E-state index contributed by atoms with van der Waals surface area (Å²) in [5.41, 5.74) is 6.37. The summed E-state index contributed by atoms with van der Waals surface area (Å²) in [6, 6.07) is -1.71. The Morgan fingerprint density at radius 2 is 0.295 bits per heavy atom. The molecule has 0 aromatic rings. The number of hydrogen-bond acceptors (Lipinski definition) is 40.